The standard InChI is InChI=1S/C20H27N5O2/c1-16-4-3-5-17(12-16)15-22-24-19-13-18(25-7-10-26-11-8-25)14-20(23-19)27-9-6-21-2/h3-5,12-14,21H,6-11,15H2,1-2H3. The molecule has 144 valence electrons. The minimum absolute atomic E-state index is 0.529. The second kappa shape index (κ2) is 9.99. The second-order valence-corrected chi connectivity index (χ2v) is 6.46. The van der Waals surface area contributed by atoms with E-state index in [1.807, 2.05) is 25.2 Å². The SMILES string of the molecule is CNCCOc1cc(N2CCOCC2)cc(N=NCc2cccc(C)c2)n1. The molecule has 0 unspecified atom stereocenters. The van der Waals surface area contributed by atoms with Crippen LogP contribution in [-0.2, 0) is 11.3 Å². The Morgan fingerprint density at radius 1 is 1.22 bits per heavy atom. The summed E-state index contributed by atoms with van der Waals surface area (Å²) in [5.41, 5.74) is 3.39. The summed E-state index contributed by atoms with van der Waals surface area (Å²) < 4.78 is 11.2. The number of hydrogen-bond acceptors (Lipinski definition) is 7. The molecule has 1 aliphatic rings. The van der Waals surface area contributed by atoms with Crippen molar-refractivity contribution in [3.63, 3.8) is 0 Å². The molecule has 1 aromatic carbocycles. The Kier molecular flexibility index (Phi) is 7.12. The fourth-order valence-electron chi connectivity index (χ4n) is 2.86. The van der Waals surface area contributed by atoms with Crippen LogP contribution < -0.4 is 15.0 Å². The Bertz CT molecular complexity index is 760. The largest absolute Gasteiger partial charge is 0.476 e. The quantitative estimate of drug-likeness (QED) is 0.572. The Morgan fingerprint density at radius 2 is 2.07 bits per heavy atom. The van der Waals surface area contributed by atoms with E-state index < -0.39 is 0 Å². The fraction of sp³-hybridized carbons (Fsp3) is 0.450. The summed E-state index contributed by atoms with van der Waals surface area (Å²) in [4.78, 5) is 6.74. The van der Waals surface area contributed by atoms with Crippen LogP contribution in [0.3, 0.4) is 0 Å². The van der Waals surface area contributed by atoms with Crippen LogP contribution in [-0.4, -0.2) is 51.5 Å². The molecular formula is C20H27N5O2. The normalized spacial score (nSPS) is 14.7. The Hall–Kier alpha value is -2.51. The summed E-state index contributed by atoms with van der Waals surface area (Å²) in [5.74, 6) is 1.13. The molecule has 0 saturated carbocycles. The van der Waals surface area contributed by atoms with Gasteiger partial charge in [-0.3, -0.25) is 0 Å². The van der Waals surface area contributed by atoms with E-state index in [4.69, 9.17) is 9.47 Å². The smallest absolute Gasteiger partial charge is 0.217 e. The highest BCUT2D eigenvalue weighted by molar-refractivity contribution is 5.55. The topological polar surface area (TPSA) is 71.3 Å². The van der Waals surface area contributed by atoms with E-state index >= 15 is 0 Å². The number of nitrogens with one attached hydrogen (secondary N) is 1. The van der Waals surface area contributed by atoms with Crippen LogP contribution in [0.25, 0.3) is 0 Å². The average molecular weight is 369 g/mol. The number of anilines is 1. The molecule has 1 saturated heterocycles. The van der Waals surface area contributed by atoms with Gasteiger partial charge in [0.2, 0.25) is 5.88 Å². The third-order valence-corrected chi connectivity index (χ3v) is 4.26. The zero-order chi connectivity index (χ0) is 18.9. The number of morpholine rings is 1. The van der Waals surface area contributed by atoms with Crippen molar-refractivity contribution in [1.29, 1.82) is 0 Å². The summed E-state index contributed by atoms with van der Waals surface area (Å²) in [6.45, 7) is 7.05. The number of benzene rings is 1. The van der Waals surface area contributed by atoms with Crippen molar-refractivity contribution >= 4 is 11.5 Å². The number of pyridine rings is 1. The van der Waals surface area contributed by atoms with Gasteiger partial charge in [0.15, 0.2) is 5.82 Å². The lowest BCUT2D eigenvalue weighted by molar-refractivity contribution is 0.122. The molecule has 2 heterocycles. The molecule has 3 rings (SSSR count). The summed E-state index contributed by atoms with van der Waals surface area (Å²) in [7, 11) is 1.89. The van der Waals surface area contributed by atoms with E-state index in [0.717, 1.165) is 44.1 Å². The lowest BCUT2D eigenvalue weighted by atomic mass is 10.1. The summed E-state index contributed by atoms with van der Waals surface area (Å²) in [5, 5.41) is 11.7. The molecule has 2 aromatic rings. The Labute approximate surface area is 160 Å². The van der Waals surface area contributed by atoms with Crippen molar-refractivity contribution in [2.75, 3.05) is 51.4 Å². The number of likely N-dealkylation sites (N-methyl/N-ethyl adjacent to an activating group) is 1. The predicted octanol–water partition coefficient (Wildman–Crippen LogP) is 3.11. The monoisotopic (exact) mass is 369 g/mol. The van der Waals surface area contributed by atoms with Crippen LogP contribution in [0.4, 0.5) is 11.5 Å². The third-order valence-electron chi connectivity index (χ3n) is 4.26. The maximum Gasteiger partial charge on any atom is 0.217 e. The first-order valence-electron chi connectivity index (χ1n) is 9.30. The third kappa shape index (κ3) is 6.01. The van der Waals surface area contributed by atoms with Crippen LogP contribution >= 0.6 is 0 Å². The van der Waals surface area contributed by atoms with Gasteiger partial charge < -0.3 is 19.7 Å². The molecule has 0 aliphatic carbocycles. The first kappa shape index (κ1) is 19.3. The van der Waals surface area contributed by atoms with Gasteiger partial charge in [-0.2, -0.15) is 10.1 Å². The summed E-state index contributed by atoms with van der Waals surface area (Å²) in [6.07, 6.45) is 0. The van der Waals surface area contributed by atoms with E-state index in [-0.39, 0.29) is 0 Å². The summed E-state index contributed by atoms with van der Waals surface area (Å²) >= 11 is 0. The maximum absolute atomic E-state index is 5.77. The lowest BCUT2D eigenvalue weighted by Crippen LogP contribution is -2.36. The van der Waals surface area contributed by atoms with Crippen LogP contribution in [0.15, 0.2) is 46.6 Å². The molecule has 1 fully saturated rings. The lowest BCUT2D eigenvalue weighted by Gasteiger charge is -2.29. The first-order valence-corrected chi connectivity index (χ1v) is 9.30. The molecule has 0 atom stereocenters. The summed E-state index contributed by atoms with van der Waals surface area (Å²) in [6, 6.07) is 12.2. The van der Waals surface area contributed by atoms with Gasteiger partial charge in [0.05, 0.1) is 19.8 Å². The highest BCUT2D eigenvalue weighted by Gasteiger charge is 2.14. The highest BCUT2D eigenvalue weighted by Crippen LogP contribution is 2.26. The van der Waals surface area contributed by atoms with E-state index in [1.54, 1.807) is 0 Å². The second-order valence-electron chi connectivity index (χ2n) is 6.46. The molecule has 7 nitrogen and oxygen atoms in total. The molecule has 0 bridgehead atoms. The minimum atomic E-state index is 0.529. The van der Waals surface area contributed by atoms with E-state index in [0.29, 0.717) is 24.8 Å². The van der Waals surface area contributed by atoms with Gasteiger partial charge in [-0.25, -0.2) is 0 Å². The van der Waals surface area contributed by atoms with Crippen LogP contribution in [0.5, 0.6) is 5.88 Å². The number of nitrogens with zero attached hydrogens (tertiary/aromatic N) is 4. The van der Waals surface area contributed by atoms with Crippen LogP contribution in [0.2, 0.25) is 0 Å². The average Bonchev–Trinajstić information content (AvgIpc) is 2.69. The molecule has 0 spiro atoms. The molecule has 7 heteroatoms. The fourth-order valence-corrected chi connectivity index (χ4v) is 2.86. The Balaban J connectivity index is 1.74. The zero-order valence-corrected chi connectivity index (χ0v) is 16.0. The molecule has 1 aromatic heterocycles. The van der Waals surface area contributed by atoms with Gasteiger partial charge in [0.1, 0.15) is 6.61 Å². The number of aromatic nitrogens is 1. The van der Waals surface area contributed by atoms with Gasteiger partial charge in [0.25, 0.3) is 0 Å². The van der Waals surface area contributed by atoms with E-state index in [9.17, 15) is 0 Å². The number of azo groups is 1. The molecule has 0 amide bonds. The number of ether oxygens (including phenoxy) is 2. The van der Waals surface area contributed by atoms with Crippen molar-refractivity contribution in [3.8, 4) is 5.88 Å². The number of hydrogen-bond donors (Lipinski definition) is 1. The molecule has 0 radical (unpaired) electrons. The maximum atomic E-state index is 5.77. The van der Waals surface area contributed by atoms with E-state index in [1.165, 1.54) is 5.56 Å². The van der Waals surface area contributed by atoms with Crippen LogP contribution in [0.1, 0.15) is 11.1 Å². The number of aryl methyl sites for hydroxylation is 1. The zero-order valence-electron chi connectivity index (χ0n) is 16.0. The van der Waals surface area contributed by atoms with Gasteiger partial charge >= 0.3 is 0 Å². The predicted molar refractivity (Wildman–Crippen MR) is 106 cm³/mol. The van der Waals surface area contributed by atoms with E-state index in [2.05, 4.69) is 50.6 Å². The van der Waals surface area contributed by atoms with Gasteiger partial charge in [-0.15, -0.1) is 5.11 Å². The van der Waals surface area contributed by atoms with Gasteiger partial charge in [-0.05, 0) is 19.5 Å². The highest BCUT2D eigenvalue weighted by atomic mass is 16.5. The number of rotatable bonds is 8. The van der Waals surface area contributed by atoms with Gasteiger partial charge in [0, 0.05) is 37.5 Å². The van der Waals surface area contributed by atoms with Crippen molar-refractivity contribution in [2.45, 2.75) is 13.5 Å². The molecular weight excluding hydrogens is 342 g/mol. The van der Waals surface area contributed by atoms with Crippen molar-refractivity contribution < 1.29 is 9.47 Å². The molecule has 1 N–H and O–H groups in total. The van der Waals surface area contributed by atoms with Crippen molar-refractivity contribution in [1.82, 2.24) is 10.3 Å². The molecule has 1 aliphatic heterocycles. The van der Waals surface area contributed by atoms with Crippen molar-refractivity contribution in [2.24, 2.45) is 10.2 Å². The molecule has 27 heavy (non-hydrogen) atoms. The Morgan fingerprint density at radius 3 is 2.85 bits per heavy atom. The van der Waals surface area contributed by atoms with Gasteiger partial charge in [-0.1, -0.05) is 29.8 Å². The van der Waals surface area contributed by atoms with Crippen molar-refractivity contribution in [3.05, 3.63) is 47.5 Å². The minimum Gasteiger partial charge on any atom is -0.476 e. The first-order chi connectivity index (χ1) is 13.2. The van der Waals surface area contributed by atoms with Crippen LogP contribution in [0, 0.1) is 6.92 Å².